The third-order valence-corrected chi connectivity index (χ3v) is 3.87. The van der Waals surface area contributed by atoms with E-state index in [0.717, 1.165) is 0 Å². The van der Waals surface area contributed by atoms with Gasteiger partial charge in [0.25, 0.3) is 0 Å². The molecular weight excluding hydrogens is 322 g/mol. The molecule has 0 aliphatic carbocycles. The zero-order valence-electron chi connectivity index (χ0n) is 12.3. The van der Waals surface area contributed by atoms with Crippen LogP contribution in [-0.2, 0) is 0 Å². The summed E-state index contributed by atoms with van der Waals surface area (Å²) in [6.07, 6.45) is 0. The summed E-state index contributed by atoms with van der Waals surface area (Å²) in [6, 6.07) is 10.2. The summed E-state index contributed by atoms with van der Waals surface area (Å²) >= 11 is 0. The average Bonchev–Trinajstić information content (AvgIpc) is 2.94. The Labute approximate surface area is 133 Å². The Kier molecular flexibility index (Phi) is 3.06. The molecule has 24 heavy (non-hydrogen) atoms. The maximum absolute atomic E-state index is 14.0. The summed E-state index contributed by atoms with van der Waals surface area (Å²) < 4.78 is 56.4. The van der Waals surface area contributed by atoms with Gasteiger partial charge in [-0.3, -0.25) is 0 Å². The van der Waals surface area contributed by atoms with Crippen molar-refractivity contribution in [3.63, 3.8) is 0 Å². The molecule has 120 valence electrons. The molecule has 4 rings (SSSR count). The maximum Gasteiger partial charge on any atom is 0.199 e. The summed E-state index contributed by atoms with van der Waals surface area (Å²) in [5.41, 5.74) is 0.824. The predicted octanol–water partition coefficient (Wildman–Crippen LogP) is 4.44. The molecule has 0 saturated heterocycles. The lowest BCUT2D eigenvalue weighted by Gasteiger charge is -2.06. The van der Waals surface area contributed by atoms with Crippen LogP contribution in [0.3, 0.4) is 0 Å². The van der Waals surface area contributed by atoms with Crippen molar-refractivity contribution < 1.29 is 17.6 Å². The van der Waals surface area contributed by atoms with E-state index >= 15 is 0 Å². The topological polar surface area (TPSA) is 30.7 Å². The van der Waals surface area contributed by atoms with Gasteiger partial charge in [-0.05, 0) is 25.1 Å². The van der Waals surface area contributed by atoms with E-state index in [1.165, 1.54) is 10.7 Å². The van der Waals surface area contributed by atoms with Gasteiger partial charge >= 0.3 is 0 Å². The van der Waals surface area contributed by atoms with Crippen LogP contribution < -0.4 is 0 Å². The second-order valence-corrected chi connectivity index (χ2v) is 5.34. The number of nitrogens with zero attached hydrogens (tertiary/aromatic N) is 3. The second kappa shape index (κ2) is 5.02. The molecule has 2 heterocycles. The number of halogens is 4. The van der Waals surface area contributed by atoms with Gasteiger partial charge in [0.15, 0.2) is 28.9 Å². The average molecular weight is 331 g/mol. The molecule has 0 unspecified atom stereocenters. The zero-order chi connectivity index (χ0) is 17.0. The quantitative estimate of drug-likeness (QED) is 0.293. The number of para-hydroxylation sites is 1. The molecule has 0 bridgehead atoms. The standard InChI is InChI=1S/C17H9F4N3/c1-8-10-7-11-12(18)13(19)14(20)15(21)16(11)22-17(10)24(23-8)9-5-3-2-4-6-9/h2-7H,1H3. The highest BCUT2D eigenvalue weighted by Gasteiger charge is 2.23. The van der Waals surface area contributed by atoms with Crippen LogP contribution in [0.4, 0.5) is 17.6 Å². The van der Waals surface area contributed by atoms with Crippen molar-refractivity contribution >= 4 is 21.9 Å². The zero-order valence-corrected chi connectivity index (χ0v) is 12.3. The van der Waals surface area contributed by atoms with E-state index < -0.39 is 34.2 Å². The fourth-order valence-corrected chi connectivity index (χ4v) is 2.68. The Morgan fingerprint density at radius 3 is 2.21 bits per heavy atom. The highest BCUT2D eigenvalue weighted by atomic mass is 19.2. The molecule has 4 aromatic rings. The van der Waals surface area contributed by atoms with E-state index in [1.807, 2.05) is 6.07 Å². The number of aromatic nitrogens is 3. The van der Waals surface area contributed by atoms with Crippen LogP contribution in [0.25, 0.3) is 27.6 Å². The SMILES string of the molecule is Cc1nn(-c2ccccc2)c2nc3c(F)c(F)c(F)c(F)c3cc12. The fourth-order valence-electron chi connectivity index (χ4n) is 2.68. The normalized spacial score (nSPS) is 11.5. The highest BCUT2D eigenvalue weighted by molar-refractivity contribution is 5.93. The molecule has 0 atom stereocenters. The Bertz CT molecular complexity index is 1100. The maximum atomic E-state index is 14.0. The third-order valence-electron chi connectivity index (χ3n) is 3.87. The molecule has 7 heteroatoms. The number of rotatable bonds is 1. The van der Waals surface area contributed by atoms with Gasteiger partial charge in [-0.1, -0.05) is 18.2 Å². The largest absolute Gasteiger partial charge is 0.225 e. The van der Waals surface area contributed by atoms with Gasteiger partial charge in [-0.15, -0.1) is 0 Å². The van der Waals surface area contributed by atoms with Crippen LogP contribution in [-0.4, -0.2) is 14.8 Å². The molecule has 0 spiro atoms. The summed E-state index contributed by atoms with van der Waals surface area (Å²) in [4.78, 5) is 4.02. The number of fused-ring (bicyclic) bond motifs is 2. The van der Waals surface area contributed by atoms with Gasteiger partial charge in [-0.2, -0.15) is 5.10 Å². The Morgan fingerprint density at radius 1 is 0.833 bits per heavy atom. The van der Waals surface area contributed by atoms with E-state index in [1.54, 1.807) is 31.2 Å². The van der Waals surface area contributed by atoms with Crippen molar-refractivity contribution in [1.29, 1.82) is 0 Å². The lowest BCUT2D eigenvalue weighted by atomic mass is 10.1. The minimum Gasteiger partial charge on any atom is -0.225 e. The molecule has 0 aliphatic heterocycles. The van der Waals surface area contributed by atoms with Crippen molar-refractivity contribution in [1.82, 2.24) is 14.8 Å². The molecule has 3 nitrogen and oxygen atoms in total. The lowest BCUT2D eigenvalue weighted by molar-refractivity contribution is 0.417. The fraction of sp³-hybridized carbons (Fsp3) is 0.0588. The molecule has 0 fully saturated rings. The first-order valence-electron chi connectivity index (χ1n) is 7.06. The van der Waals surface area contributed by atoms with Crippen LogP contribution in [0.15, 0.2) is 36.4 Å². The van der Waals surface area contributed by atoms with Crippen molar-refractivity contribution in [2.75, 3.05) is 0 Å². The van der Waals surface area contributed by atoms with Crippen molar-refractivity contribution in [3.05, 3.63) is 65.4 Å². The number of pyridine rings is 1. The first-order valence-corrected chi connectivity index (χ1v) is 7.06. The number of benzene rings is 2. The van der Waals surface area contributed by atoms with Crippen LogP contribution in [0.5, 0.6) is 0 Å². The van der Waals surface area contributed by atoms with Crippen molar-refractivity contribution in [3.8, 4) is 5.69 Å². The van der Waals surface area contributed by atoms with Crippen LogP contribution in [0.1, 0.15) is 5.69 Å². The van der Waals surface area contributed by atoms with Crippen LogP contribution >= 0.6 is 0 Å². The smallest absolute Gasteiger partial charge is 0.199 e. The molecule has 0 N–H and O–H groups in total. The van der Waals surface area contributed by atoms with E-state index in [0.29, 0.717) is 16.8 Å². The second-order valence-electron chi connectivity index (χ2n) is 5.34. The third kappa shape index (κ3) is 1.90. The Balaban J connectivity index is 2.16. The van der Waals surface area contributed by atoms with Gasteiger partial charge in [-0.25, -0.2) is 27.2 Å². The molecule has 0 aliphatic rings. The van der Waals surface area contributed by atoms with Gasteiger partial charge in [0.2, 0.25) is 0 Å². The van der Waals surface area contributed by atoms with Gasteiger partial charge in [0.1, 0.15) is 5.52 Å². The minimum absolute atomic E-state index is 0.232. The van der Waals surface area contributed by atoms with E-state index in [-0.39, 0.29) is 5.65 Å². The Morgan fingerprint density at radius 2 is 1.50 bits per heavy atom. The summed E-state index contributed by atoms with van der Waals surface area (Å²) in [6.45, 7) is 1.67. The monoisotopic (exact) mass is 331 g/mol. The molecule has 0 amide bonds. The van der Waals surface area contributed by atoms with Crippen molar-refractivity contribution in [2.45, 2.75) is 6.92 Å². The van der Waals surface area contributed by atoms with Crippen molar-refractivity contribution in [2.24, 2.45) is 0 Å². The van der Waals surface area contributed by atoms with Crippen LogP contribution in [0, 0.1) is 30.2 Å². The number of hydrogen-bond acceptors (Lipinski definition) is 2. The predicted molar refractivity (Wildman–Crippen MR) is 80.9 cm³/mol. The van der Waals surface area contributed by atoms with Gasteiger partial charge in [0, 0.05) is 10.8 Å². The molecule has 2 aromatic heterocycles. The molecule has 2 aromatic carbocycles. The highest BCUT2D eigenvalue weighted by Crippen LogP contribution is 2.30. The van der Waals surface area contributed by atoms with E-state index in [2.05, 4.69) is 10.1 Å². The molecule has 0 saturated carbocycles. The van der Waals surface area contributed by atoms with Gasteiger partial charge in [0.05, 0.1) is 11.4 Å². The molecular formula is C17H9F4N3. The number of aryl methyl sites for hydroxylation is 1. The minimum atomic E-state index is -1.88. The van der Waals surface area contributed by atoms with Crippen LogP contribution in [0.2, 0.25) is 0 Å². The number of hydrogen-bond donors (Lipinski definition) is 0. The summed E-state index contributed by atoms with van der Waals surface area (Å²) in [5, 5.41) is 4.31. The first-order chi connectivity index (χ1) is 11.5. The van der Waals surface area contributed by atoms with E-state index in [4.69, 9.17) is 0 Å². The van der Waals surface area contributed by atoms with Gasteiger partial charge < -0.3 is 0 Å². The summed E-state index contributed by atoms with van der Waals surface area (Å²) in [5.74, 6) is -6.72. The summed E-state index contributed by atoms with van der Waals surface area (Å²) in [7, 11) is 0. The first kappa shape index (κ1) is 14.6. The Hall–Kier alpha value is -2.96. The molecule has 0 radical (unpaired) electrons. The lowest BCUT2D eigenvalue weighted by Crippen LogP contribution is -2.02. The van der Waals surface area contributed by atoms with E-state index in [9.17, 15) is 17.6 Å².